The van der Waals surface area contributed by atoms with Gasteiger partial charge in [0.05, 0.1) is 11.3 Å². The van der Waals surface area contributed by atoms with Crippen LogP contribution in [0.15, 0.2) is 12.3 Å². The number of nitrogen functional groups attached to an aromatic ring is 1. The molecule has 2 rings (SSSR count). The third-order valence-electron chi connectivity index (χ3n) is 3.45. The predicted molar refractivity (Wildman–Crippen MR) is 70.0 cm³/mol. The van der Waals surface area contributed by atoms with E-state index in [2.05, 4.69) is 16.0 Å². The van der Waals surface area contributed by atoms with Crippen molar-refractivity contribution in [2.75, 3.05) is 30.3 Å². The maximum absolute atomic E-state index is 9.01. The molecular formula is C13H18N4O. The van der Waals surface area contributed by atoms with Gasteiger partial charge >= 0.3 is 0 Å². The zero-order valence-electron chi connectivity index (χ0n) is 10.3. The molecule has 3 N–H and O–H groups in total. The van der Waals surface area contributed by atoms with Gasteiger partial charge in [-0.2, -0.15) is 5.26 Å². The minimum atomic E-state index is 0.222. The van der Waals surface area contributed by atoms with Gasteiger partial charge in [0.2, 0.25) is 0 Å². The number of rotatable bonds is 3. The molecule has 1 fully saturated rings. The van der Waals surface area contributed by atoms with E-state index in [1.807, 2.05) is 0 Å². The van der Waals surface area contributed by atoms with Gasteiger partial charge in [-0.15, -0.1) is 0 Å². The number of hydrogen-bond donors (Lipinski definition) is 2. The van der Waals surface area contributed by atoms with Crippen molar-refractivity contribution in [2.24, 2.45) is 5.92 Å². The van der Waals surface area contributed by atoms with Crippen LogP contribution in [0.5, 0.6) is 0 Å². The summed E-state index contributed by atoms with van der Waals surface area (Å²) in [5, 5.41) is 18.0. The van der Waals surface area contributed by atoms with E-state index >= 15 is 0 Å². The number of nitrogens with two attached hydrogens (primary N) is 1. The smallest absolute Gasteiger partial charge is 0.153 e. The van der Waals surface area contributed by atoms with E-state index in [0.717, 1.165) is 32.4 Å². The molecule has 1 aliphatic heterocycles. The molecule has 0 amide bonds. The fourth-order valence-corrected chi connectivity index (χ4v) is 2.49. The van der Waals surface area contributed by atoms with Gasteiger partial charge in [-0.05, 0) is 31.2 Å². The normalized spacial score (nSPS) is 19.6. The molecular weight excluding hydrogens is 228 g/mol. The second kappa shape index (κ2) is 5.69. The lowest BCUT2D eigenvalue weighted by Crippen LogP contribution is -2.36. The summed E-state index contributed by atoms with van der Waals surface area (Å²) in [5.74, 6) is 1.19. The molecule has 1 aromatic heterocycles. The highest BCUT2D eigenvalue weighted by atomic mass is 16.3. The van der Waals surface area contributed by atoms with Gasteiger partial charge in [-0.3, -0.25) is 0 Å². The Morgan fingerprint density at radius 1 is 1.61 bits per heavy atom. The van der Waals surface area contributed by atoms with Crippen LogP contribution in [-0.4, -0.2) is 29.8 Å². The highest BCUT2D eigenvalue weighted by Gasteiger charge is 2.22. The Hall–Kier alpha value is -1.80. The van der Waals surface area contributed by atoms with E-state index in [9.17, 15) is 0 Å². The summed E-state index contributed by atoms with van der Waals surface area (Å²) in [6, 6.07) is 3.71. The van der Waals surface area contributed by atoms with E-state index in [4.69, 9.17) is 16.1 Å². The zero-order chi connectivity index (χ0) is 13.0. The molecule has 18 heavy (non-hydrogen) atoms. The Morgan fingerprint density at radius 3 is 3.17 bits per heavy atom. The molecule has 5 nitrogen and oxygen atoms in total. The van der Waals surface area contributed by atoms with Crippen molar-refractivity contribution in [3.05, 3.63) is 17.8 Å². The number of aliphatic hydroxyl groups excluding tert-OH is 1. The van der Waals surface area contributed by atoms with Crippen LogP contribution in [0.1, 0.15) is 24.8 Å². The Kier molecular flexibility index (Phi) is 4.00. The first-order valence-electron chi connectivity index (χ1n) is 6.26. The highest BCUT2D eigenvalue weighted by Crippen LogP contribution is 2.28. The molecule has 1 unspecified atom stereocenters. The van der Waals surface area contributed by atoms with Crippen LogP contribution in [0, 0.1) is 17.2 Å². The molecule has 0 bridgehead atoms. The zero-order valence-corrected chi connectivity index (χ0v) is 10.3. The van der Waals surface area contributed by atoms with Crippen molar-refractivity contribution < 1.29 is 5.11 Å². The third kappa shape index (κ3) is 2.54. The first-order chi connectivity index (χ1) is 8.76. The van der Waals surface area contributed by atoms with Crippen molar-refractivity contribution in [1.29, 1.82) is 5.26 Å². The summed E-state index contributed by atoms with van der Waals surface area (Å²) < 4.78 is 0. The van der Waals surface area contributed by atoms with Crippen LogP contribution in [0.4, 0.5) is 11.5 Å². The van der Waals surface area contributed by atoms with Gasteiger partial charge in [0.15, 0.2) is 5.82 Å². The molecule has 0 radical (unpaired) electrons. The lowest BCUT2D eigenvalue weighted by Gasteiger charge is -2.34. The maximum Gasteiger partial charge on any atom is 0.153 e. The summed E-state index contributed by atoms with van der Waals surface area (Å²) in [6.07, 6.45) is 4.64. The average molecular weight is 246 g/mol. The molecule has 1 aromatic rings. The van der Waals surface area contributed by atoms with Crippen molar-refractivity contribution in [2.45, 2.75) is 19.3 Å². The molecule has 0 saturated carbocycles. The Balaban J connectivity index is 2.18. The van der Waals surface area contributed by atoms with Crippen LogP contribution < -0.4 is 10.6 Å². The first-order valence-corrected chi connectivity index (χ1v) is 6.26. The molecule has 1 atom stereocenters. The maximum atomic E-state index is 9.01. The SMILES string of the molecule is N#Cc1ccnc(N2CCCC(CCO)C2)c1N. The molecule has 1 aliphatic rings. The molecule has 1 saturated heterocycles. The lowest BCUT2D eigenvalue weighted by molar-refractivity contribution is 0.244. The highest BCUT2D eigenvalue weighted by molar-refractivity contribution is 5.70. The Labute approximate surface area is 107 Å². The number of anilines is 2. The fraction of sp³-hybridized carbons (Fsp3) is 0.538. The van der Waals surface area contributed by atoms with Gasteiger partial charge < -0.3 is 15.7 Å². The monoisotopic (exact) mass is 246 g/mol. The molecule has 5 heteroatoms. The van der Waals surface area contributed by atoms with E-state index in [1.54, 1.807) is 12.3 Å². The number of pyridine rings is 1. The summed E-state index contributed by atoms with van der Waals surface area (Å²) in [5.41, 5.74) is 6.91. The van der Waals surface area contributed by atoms with Gasteiger partial charge in [0.1, 0.15) is 6.07 Å². The number of aliphatic hydroxyl groups is 1. The van der Waals surface area contributed by atoms with Gasteiger partial charge in [0.25, 0.3) is 0 Å². The van der Waals surface area contributed by atoms with Crippen LogP contribution in [0.25, 0.3) is 0 Å². The average Bonchev–Trinajstić information content (AvgIpc) is 2.40. The summed E-state index contributed by atoms with van der Waals surface area (Å²) in [6.45, 7) is 1.99. The Bertz CT molecular complexity index is 453. The van der Waals surface area contributed by atoms with E-state index in [1.165, 1.54) is 0 Å². The van der Waals surface area contributed by atoms with Gasteiger partial charge in [-0.1, -0.05) is 0 Å². The number of piperidine rings is 1. The predicted octanol–water partition coefficient (Wildman–Crippen LogP) is 1.13. The van der Waals surface area contributed by atoms with Gasteiger partial charge in [-0.25, -0.2) is 4.98 Å². The lowest BCUT2D eigenvalue weighted by atomic mass is 9.95. The van der Waals surface area contributed by atoms with E-state index in [-0.39, 0.29) is 6.61 Å². The Morgan fingerprint density at radius 2 is 2.44 bits per heavy atom. The van der Waals surface area contributed by atoms with Crippen LogP contribution in [0.2, 0.25) is 0 Å². The van der Waals surface area contributed by atoms with Crippen molar-refractivity contribution in [3.8, 4) is 6.07 Å². The van der Waals surface area contributed by atoms with Crippen molar-refractivity contribution in [3.63, 3.8) is 0 Å². The number of aromatic nitrogens is 1. The van der Waals surface area contributed by atoms with Crippen LogP contribution >= 0.6 is 0 Å². The minimum absolute atomic E-state index is 0.222. The first kappa shape index (κ1) is 12.7. The van der Waals surface area contributed by atoms with Gasteiger partial charge in [0, 0.05) is 25.9 Å². The number of nitriles is 1. The molecule has 0 aromatic carbocycles. The second-order valence-electron chi connectivity index (χ2n) is 4.67. The molecule has 0 spiro atoms. The summed E-state index contributed by atoms with van der Waals surface area (Å²) in [4.78, 5) is 6.42. The summed E-state index contributed by atoms with van der Waals surface area (Å²) in [7, 11) is 0. The van der Waals surface area contributed by atoms with Crippen LogP contribution in [-0.2, 0) is 0 Å². The molecule has 96 valence electrons. The minimum Gasteiger partial charge on any atom is -0.396 e. The van der Waals surface area contributed by atoms with Crippen molar-refractivity contribution >= 4 is 11.5 Å². The second-order valence-corrected chi connectivity index (χ2v) is 4.67. The van der Waals surface area contributed by atoms with E-state index in [0.29, 0.717) is 23.0 Å². The quantitative estimate of drug-likeness (QED) is 0.835. The largest absolute Gasteiger partial charge is 0.396 e. The summed E-state index contributed by atoms with van der Waals surface area (Å²) >= 11 is 0. The van der Waals surface area contributed by atoms with Crippen molar-refractivity contribution in [1.82, 2.24) is 4.98 Å². The topological polar surface area (TPSA) is 86.2 Å². The van der Waals surface area contributed by atoms with E-state index < -0.39 is 0 Å². The standard InChI is InChI=1S/C13H18N4O/c14-8-11-3-5-16-13(12(11)15)17-6-1-2-10(9-17)4-7-18/h3,5,10,18H,1-2,4,6-7,9,15H2. The number of nitrogens with zero attached hydrogens (tertiary/aromatic N) is 3. The molecule has 2 heterocycles. The fourth-order valence-electron chi connectivity index (χ4n) is 2.49. The third-order valence-corrected chi connectivity index (χ3v) is 3.45. The number of hydrogen-bond acceptors (Lipinski definition) is 5. The van der Waals surface area contributed by atoms with Crippen LogP contribution in [0.3, 0.4) is 0 Å². The molecule has 0 aliphatic carbocycles.